The fourth-order valence-electron chi connectivity index (χ4n) is 5.03. The average Bonchev–Trinajstić information content (AvgIpc) is 3.33. The zero-order valence-electron chi connectivity index (χ0n) is 16.9. The van der Waals surface area contributed by atoms with Gasteiger partial charge in [0.2, 0.25) is 0 Å². The number of fused-ring (bicyclic) bond motifs is 2. The number of halogens is 2. The van der Waals surface area contributed by atoms with Crippen LogP contribution in [0.3, 0.4) is 0 Å². The van der Waals surface area contributed by atoms with Crippen LogP contribution in [-0.2, 0) is 13.1 Å². The second kappa shape index (κ2) is 7.93. The third-order valence-electron chi connectivity index (χ3n) is 6.45. The predicted octanol–water partition coefficient (Wildman–Crippen LogP) is 3.81. The van der Waals surface area contributed by atoms with Gasteiger partial charge in [-0.15, -0.1) is 11.3 Å². The van der Waals surface area contributed by atoms with Crippen molar-refractivity contribution in [1.82, 2.24) is 14.7 Å². The van der Waals surface area contributed by atoms with Gasteiger partial charge in [0, 0.05) is 35.1 Å². The smallest absolute Gasteiger partial charge is 0.266 e. The van der Waals surface area contributed by atoms with Crippen LogP contribution in [0.1, 0.15) is 30.6 Å². The maximum Gasteiger partial charge on any atom is 0.266 e. The van der Waals surface area contributed by atoms with Crippen molar-refractivity contribution in [3.8, 4) is 11.3 Å². The number of piperidine rings is 1. The Hall–Kier alpha value is -2.42. The molecule has 2 saturated heterocycles. The minimum Gasteiger partial charge on any atom is -0.388 e. The van der Waals surface area contributed by atoms with E-state index in [1.807, 2.05) is 0 Å². The highest BCUT2D eigenvalue weighted by Gasteiger charge is 2.47. The number of aromatic nitrogens is 2. The van der Waals surface area contributed by atoms with Gasteiger partial charge in [-0.3, -0.25) is 9.69 Å². The van der Waals surface area contributed by atoms with E-state index in [1.165, 1.54) is 27.8 Å². The summed E-state index contributed by atoms with van der Waals surface area (Å²) < 4.78 is 28.1. The van der Waals surface area contributed by atoms with Gasteiger partial charge in [0.15, 0.2) is 11.6 Å². The Morgan fingerprint density at radius 3 is 2.55 bits per heavy atom. The topological polar surface area (TPSA) is 58.4 Å². The zero-order chi connectivity index (χ0) is 21.6. The van der Waals surface area contributed by atoms with Crippen LogP contribution in [0, 0.1) is 11.6 Å². The summed E-state index contributed by atoms with van der Waals surface area (Å²) in [5, 5.41) is 17.8. The molecule has 2 aromatic heterocycles. The van der Waals surface area contributed by atoms with Gasteiger partial charge < -0.3 is 5.11 Å². The van der Waals surface area contributed by atoms with E-state index in [2.05, 4.69) is 27.5 Å². The fraction of sp³-hybridized carbons (Fsp3) is 0.391. The van der Waals surface area contributed by atoms with E-state index in [-0.39, 0.29) is 24.2 Å². The zero-order valence-corrected chi connectivity index (χ0v) is 17.7. The molecule has 3 aromatic rings. The highest BCUT2D eigenvalue weighted by molar-refractivity contribution is 7.09. The standard InChI is InChI=1S/C23H23F2N3O2S/c24-19-6-3-15(10-20(19)25)21-7-8-22(29)28(26-21)14-23(30)11-16-4-5-17(12-23)27(16)13-18-2-1-9-31-18/h1-3,6-10,16-17,30H,4-5,11-14H2. The number of hydrogen-bond donors (Lipinski definition) is 1. The molecule has 5 nitrogen and oxygen atoms in total. The van der Waals surface area contributed by atoms with Gasteiger partial charge in [-0.25, -0.2) is 13.5 Å². The summed E-state index contributed by atoms with van der Waals surface area (Å²) in [6.45, 7) is 0.982. The maximum atomic E-state index is 13.6. The number of aliphatic hydroxyl groups is 1. The molecule has 5 rings (SSSR count). The van der Waals surface area contributed by atoms with Crippen molar-refractivity contribution >= 4 is 11.3 Å². The van der Waals surface area contributed by atoms with Crippen LogP contribution in [0.2, 0.25) is 0 Å². The molecule has 0 radical (unpaired) electrons. The molecule has 2 atom stereocenters. The Balaban J connectivity index is 1.36. The van der Waals surface area contributed by atoms with Crippen molar-refractivity contribution in [3.05, 3.63) is 74.7 Å². The molecule has 0 aliphatic carbocycles. The second-order valence-electron chi connectivity index (χ2n) is 8.61. The summed E-state index contributed by atoms with van der Waals surface area (Å²) in [7, 11) is 0. The van der Waals surface area contributed by atoms with Gasteiger partial charge in [-0.05, 0) is 61.4 Å². The summed E-state index contributed by atoms with van der Waals surface area (Å²) in [6, 6.07) is 11.1. The number of benzene rings is 1. The van der Waals surface area contributed by atoms with Gasteiger partial charge in [0.05, 0.1) is 17.8 Å². The number of rotatable bonds is 5. The predicted molar refractivity (Wildman–Crippen MR) is 115 cm³/mol. The van der Waals surface area contributed by atoms with Crippen molar-refractivity contribution in [1.29, 1.82) is 0 Å². The summed E-state index contributed by atoms with van der Waals surface area (Å²) in [4.78, 5) is 16.2. The molecule has 162 valence electrons. The van der Waals surface area contributed by atoms with Crippen LogP contribution in [-0.4, -0.2) is 37.5 Å². The van der Waals surface area contributed by atoms with E-state index in [0.717, 1.165) is 31.5 Å². The first kappa shape index (κ1) is 20.5. The van der Waals surface area contributed by atoms with E-state index in [0.29, 0.717) is 24.1 Å². The number of nitrogens with zero attached hydrogens (tertiary/aromatic N) is 3. The normalized spacial score (nSPS) is 25.8. The minimum absolute atomic E-state index is 0.0865. The van der Waals surface area contributed by atoms with Crippen molar-refractivity contribution in [2.75, 3.05) is 0 Å². The van der Waals surface area contributed by atoms with Crippen LogP contribution < -0.4 is 5.56 Å². The SMILES string of the molecule is O=c1ccc(-c2ccc(F)c(F)c2)nn1CC1(O)CC2CCC(C1)N2Cc1cccs1. The minimum atomic E-state index is -1.03. The highest BCUT2D eigenvalue weighted by atomic mass is 32.1. The Kier molecular flexibility index (Phi) is 5.24. The van der Waals surface area contributed by atoms with Gasteiger partial charge in [-0.1, -0.05) is 6.07 Å². The Morgan fingerprint density at radius 2 is 1.87 bits per heavy atom. The van der Waals surface area contributed by atoms with Crippen LogP contribution >= 0.6 is 11.3 Å². The molecule has 1 aromatic carbocycles. The molecule has 2 aliphatic heterocycles. The monoisotopic (exact) mass is 443 g/mol. The summed E-state index contributed by atoms with van der Waals surface area (Å²) in [6.07, 6.45) is 3.24. The third kappa shape index (κ3) is 4.07. The van der Waals surface area contributed by atoms with Gasteiger partial charge in [0.25, 0.3) is 5.56 Å². The van der Waals surface area contributed by atoms with E-state index in [4.69, 9.17) is 0 Å². The maximum absolute atomic E-state index is 13.6. The second-order valence-corrected chi connectivity index (χ2v) is 9.64. The Morgan fingerprint density at radius 1 is 1.10 bits per heavy atom. The molecule has 2 fully saturated rings. The first-order chi connectivity index (χ1) is 14.9. The Bertz CT molecular complexity index is 1130. The van der Waals surface area contributed by atoms with E-state index >= 15 is 0 Å². The molecule has 4 heterocycles. The molecule has 8 heteroatoms. The molecule has 2 bridgehead atoms. The molecule has 31 heavy (non-hydrogen) atoms. The van der Waals surface area contributed by atoms with Gasteiger partial charge in [0.1, 0.15) is 0 Å². The molecule has 0 spiro atoms. The third-order valence-corrected chi connectivity index (χ3v) is 7.31. The van der Waals surface area contributed by atoms with E-state index in [9.17, 15) is 18.7 Å². The largest absolute Gasteiger partial charge is 0.388 e. The van der Waals surface area contributed by atoms with E-state index in [1.54, 1.807) is 11.3 Å². The number of thiophene rings is 1. The first-order valence-corrected chi connectivity index (χ1v) is 11.3. The summed E-state index contributed by atoms with van der Waals surface area (Å²) >= 11 is 1.74. The first-order valence-electron chi connectivity index (χ1n) is 10.4. The quantitative estimate of drug-likeness (QED) is 0.652. The van der Waals surface area contributed by atoms with Crippen molar-refractivity contribution < 1.29 is 13.9 Å². The molecule has 1 N–H and O–H groups in total. The number of hydrogen-bond acceptors (Lipinski definition) is 5. The molecular weight excluding hydrogens is 420 g/mol. The average molecular weight is 444 g/mol. The summed E-state index contributed by atoms with van der Waals surface area (Å²) in [5.41, 5.74) is -0.611. The van der Waals surface area contributed by atoms with Gasteiger partial charge >= 0.3 is 0 Å². The van der Waals surface area contributed by atoms with Crippen LogP contribution in [0.25, 0.3) is 11.3 Å². The Labute approximate surface area is 182 Å². The summed E-state index contributed by atoms with van der Waals surface area (Å²) in [5.74, 6) is -1.90. The molecule has 2 aliphatic rings. The van der Waals surface area contributed by atoms with Crippen LogP contribution in [0.15, 0.2) is 52.6 Å². The van der Waals surface area contributed by atoms with Crippen LogP contribution in [0.4, 0.5) is 8.78 Å². The fourth-order valence-corrected chi connectivity index (χ4v) is 5.75. The highest BCUT2D eigenvalue weighted by Crippen LogP contribution is 2.42. The molecule has 2 unspecified atom stereocenters. The van der Waals surface area contributed by atoms with Crippen molar-refractivity contribution in [3.63, 3.8) is 0 Å². The lowest BCUT2D eigenvalue weighted by atomic mass is 9.86. The van der Waals surface area contributed by atoms with Crippen molar-refractivity contribution in [2.45, 2.75) is 56.5 Å². The van der Waals surface area contributed by atoms with E-state index < -0.39 is 17.2 Å². The lowest BCUT2D eigenvalue weighted by molar-refractivity contribution is -0.0674. The van der Waals surface area contributed by atoms with Gasteiger partial charge in [-0.2, -0.15) is 5.10 Å². The lowest BCUT2D eigenvalue weighted by Gasteiger charge is -2.43. The molecule has 0 amide bonds. The molecule has 0 saturated carbocycles. The van der Waals surface area contributed by atoms with Crippen LogP contribution in [0.5, 0.6) is 0 Å². The lowest BCUT2D eigenvalue weighted by Crippen LogP contribution is -2.53. The van der Waals surface area contributed by atoms with Crippen molar-refractivity contribution in [2.24, 2.45) is 0 Å². The molecular formula is C23H23F2N3O2S.